The van der Waals surface area contributed by atoms with Gasteiger partial charge in [-0.2, -0.15) is 0 Å². The van der Waals surface area contributed by atoms with Gasteiger partial charge >= 0.3 is 11.9 Å². The van der Waals surface area contributed by atoms with Crippen molar-refractivity contribution in [2.45, 2.75) is 11.6 Å². The largest absolute Gasteiger partial charge is 0.481 e. The Labute approximate surface area is 121 Å². The fourth-order valence-corrected chi connectivity index (χ4v) is 1.62. The lowest BCUT2D eigenvalue weighted by molar-refractivity contribution is -0.313. The standard InChI is InChI=1S/C14H18O7/c1-5-9(11(15)16)13(19,7-3)21-14(20,8-4)10(6-2)12(17)18/h5-10,19-20H,1-4H2,(H,15,16)(H,17,18). The van der Waals surface area contributed by atoms with Crippen LogP contribution in [0.3, 0.4) is 0 Å². The minimum absolute atomic E-state index is 0.712. The molecule has 0 amide bonds. The maximum absolute atomic E-state index is 11.1. The number of ether oxygens (including phenoxy) is 1. The smallest absolute Gasteiger partial charge is 0.316 e. The van der Waals surface area contributed by atoms with Crippen LogP contribution < -0.4 is 0 Å². The third-order valence-electron chi connectivity index (χ3n) is 2.81. The summed E-state index contributed by atoms with van der Waals surface area (Å²) in [6.45, 7) is 12.9. The van der Waals surface area contributed by atoms with Crippen LogP contribution >= 0.6 is 0 Å². The number of hydrogen-bond acceptors (Lipinski definition) is 5. The van der Waals surface area contributed by atoms with Crippen LogP contribution in [0.4, 0.5) is 0 Å². The van der Waals surface area contributed by atoms with Crippen LogP contribution in [0.5, 0.6) is 0 Å². The van der Waals surface area contributed by atoms with Gasteiger partial charge in [-0.1, -0.05) is 25.3 Å². The van der Waals surface area contributed by atoms with Gasteiger partial charge in [0.1, 0.15) is 11.8 Å². The summed E-state index contributed by atoms with van der Waals surface area (Å²) in [4.78, 5) is 22.2. The van der Waals surface area contributed by atoms with E-state index < -0.39 is 35.3 Å². The average Bonchev–Trinajstić information content (AvgIpc) is 2.39. The Bertz CT molecular complexity index is 428. The molecule has 0 aromatic heterocycles. The number of carbonyl (C=O) groups is 2. The van der Waals surface area contributed by atoms with Crippen molar-refractivity contribution in [1.82, 2.24) is 0 Å². The summed E-state index contributed by atoms with van der Waals surface area (Å²) in [6.07, 6.45) is 3.14. The van der Waals surface area contributed by atoms with Gasteiger partial charge in [-0.15, -0.1) is 13.2 Å². The molecule has 0 radical (unpaired) electrons. The molecule has 0 fully saturated rings. The highest BCUT2D eigenvalue weighted by Gasteiger charge is 2.48. The second-order valence-corrected chi connectivity index (χ2v) is 4.12. The molecule has 0 saturated carbocycles. The minimum Gasteiger partial charge on any atom is -0.481 e. The Morgan fingerprint density at radius 1 is 0.857 bits per heavy atom. The first-order chi connectivity index (χ1) is 9.61. The average molecular weight is 298 g/mol. The Balaban J connectivity index is 5.80. The van der Waals surface area contributed by atoms with Crippen LogP contribution in [-0.2, 0) is 14.3 Å². The summed E-state index contributed by atoms with van der Waals surface area (Å²) in [5, 5.41) is 38.5. The van der Waals surface area contributed by atoms with Crippen LogP contribution in [0.15, 0.2) is 50.6 Å². The fraction of sp³-hybridized carbons (Fsp3) is 0.286. The molecule has 0 aliphatic rings. The van der Waals surface area contributed by atoms with Gasteiger partial charge in [-0.25, -0.2) is 0 Å². The van der Waals surface area contributed by atoms with E-state index in [1.54, 1.807) is 0 Å². The predicted octanol–water partition coefficient (Wildman–Crippen LogP) is 0.526. The summed E-state index contributed by atoms with van der Waals surface area (Å²) in [6, 6.07) is 0. The highest BCUT2D eigenvalue weighted by molar-refractivity contribution is 5.74. The fourth-order valence-electron chi connectivity index (χ4n) is 1.62. The van der Waals surface area contributed by atoms with Crippen molar-refractivity contribution in [2.24, 2.45) is 11.8 Å². The summed E-state index contributed by atoms with van der Waals surface area (Å²) < 4.78 is 4.92. The maximum atomic E-state index is 11.1. The number of hydrogen-bond donors (Lipinski definition) is 4. The number of aliphatic carboxylic acids is 2. The molecule has 7 heteroatoms. The molecule has 4 atom stereocenters. The van der Waals surface area contributed by atoms with Gasteiger partial charge in [0.25, 0.3) is 0 Å². The lowest BCUT2D eigenvalue weighted by Gasteiger charge is -2.38. The predicted molar refractivity (Wildman–Crippen MR) is 74.0 cm³/mol. The molecule has 0 aliphatic carbocycles. The monoisotopic (exact) mass is 298 g/mol. The van der Waals surface area contributed by atoms with Crippen LogP contribution in [0, 0.1) is 11.8 Å². The van der Waals surface area contributed by atoms with Crippen LogP contribution in [-0.4, -0.2) is 43.9 Å². The summed E-state index contributed by atoms with van der Waals surface area (Å²) in [5.41, 5.74) is 0. The first-order valence-corrected chi connectivity index (χ1v) is 5.74. The second-order valence-electron chi connectivity index (χ2n) is 4.12. The van der Waals surface area contributed by atoms with E-state index in [4.69, 9.17) is 14.9 Å². The van der Waals surface area contributed by atoms with Crippen LogP contribution in [0.25, 0.3) is 0 Å². The first kappa shape index (κ1) is 18.8. The molecule has 0 rings (SSSR count). The number of carboxylic acid groups (broad SMARTS) is 2. The molecule has 0 spiro atoms. The van der Waals surface area contributed by atoms with Gasteiger partial charge in [0.2, 0.25) is 11.6 Å². The van der Waals surface area contributed by atoms with Crippen LogP contribution in [0.2, 0.25) is 0 Å². The van der Waals surface area contributed by atoms with E-state index in [-0.39, 0.29) is 0 Å². The topological polar surface area (TPSA) is 124 Å². The second kappa shape index (κ2) is 6.98. The molecule has 0 saturated heterocycles. The van der Waals surface area contributed by atoms with Crippen molar-refractivity contribution >= 4 is 11.9 Å². The first-order valence-electron chi connectivity index (χ1n) is 5.74. The zero-order chi connectivity index (χ0) is 16.8. The molecule has 0 bridgehead atoms. The van der Waals surface area contributed by atoms with E-state index in [0.29, 0.717) is 12.2 Å². The van der Waals surface area contributed by atoms with Crippen molar-refractivity contribution in [1.29, 1.82) is 0 Å². The number of rotatable bonds is 10. The molecule has 0 aromatic carbocycles. The maximum Gasteiger partial charge on any atom is 0.316 e. The van der Waals surface area contributed by atoms with Gasteiger partial charge in [-0.05, 0) is 12.2 Å². The van der Waals surface area contributed by atoms with E-state index >= 15 is 0 Å². The quantitative estimate of drug-likeness (QED) is 0.342. The van der Waals surface area contributed by atoms with E-state index in [1.165, 1.54) is 0 Å². The zero-order valence-electron chi connectivity index (χ0n) is 11.3. The molecule has 7 nitrogen and oxygen atoms in total. The SMILES string of the molecule is C=CC(C(=O)O)C(O)(C=C)OC(O)(C=C)C(C=C)C(=O)O. The molecular formula is C14H18O7. The van der Waals surface area contributed by atoms with E-state index in [0.717, 1.165) is 12.2 Å². The summed E-state index contributed by atoms with van der Waals surface area (Å²) >= 11 is 0. The van der Waals surface area contributed by atoms with Crippen LogP contribution in [0.1, 0.15) is 0 Å². The Kier molecular flexibility index (Phi) is 6.24. The van der Waals surface area contributed by atoms with Crippen molar-refractivity contribution < 1.29 is 34.8 Å². The van der Waals surface area contributed by atoms with Gasteiger partial charge < -0.3 is 25.2 Å². The molecule has 4 N–H and O–H groups in total. The van der Waals surface area contributed by atoms with Gasteiger partial charge in [0, 0.05) is 0 Å². The highest BCUT2D eigenvalue weighted by atomic mass is 16.7. The van der Waals surface area contributed by atoms with Gasteiger partial charge in [-0.3, -0.25) is 9.59 Å². The lowest BCUT2D eigenvalue weighted by Crippen LogP contribution is -2.53. The van der Waals surface area contributed by atoms with Crippen molar-refractivity contribution in [2.75, 3.05) is 0 Å². The van der Waals surface area contributed by atoms with E-state index in [1.807, 2.05) is 0 Å². The molecular weight excluding hydrogens is 280 g/mol. The Morgan fingerprint density at radius 2 is 1.14 bits per heavy atom. The molecule has 0 heterocycles. The van der Waals surface area contributed by atoms with Gasteiger partial charge in [0.05, 0.1) is 0 Å². The summed E-state index contributed by atoms with van der Waals surface area (Å²) in [7, 11) is 0. The van der Waals surface area contributed by atoms with E-state index in [2.05, 4.69) is 26.3 Å². The molecule has 4 unspecified atom stereocenters. The highest BCUT2D eigenvalue weighted by Crippen LogP contribution is 2.32. The van der Waals surface area contributed by atoms with Gasteiger partial charge in [0.15, 0.2) is 0 Å². The summed E-state index contributed by atoms with van der Waals surface area (Å²) in [5.74, 6) is -11.6. The zero-order valence-corrected chi connectivity index (χ0v) is 11.3. The Hall–Kier alpha value is -2.22. The third-order valence-corrected chi connectivity index (χ3v) is 2.81. The molecule has 21 heavy (non-hydrogen) atoms. The molecule has 0 aliphatic heterocycles. The van der Waals surface area contributed by atoms with Crippen molar-refractivity contribution in [3.63, 3.8) is 0 Å². The van der Waals surface area contributed by atoms with E-state index in [9.17, 15) is 19.8 Å². The Morgan fingerprint density at radius 3 is 1.29 bits per heavy atom. The van der Waals surface area contributed by atoms with Crippen molar-refractivity contribution in [3.05, 3.63) is 50.6 Å². The lowest BCUT2D eigenvalue weighted by atomic mass is 9.94. The third kappa shape index (κ3) is 3.88. The minimum atomic E-state index is -2.60. The molecule has 116 valence electrons. The van der Waals surface area contributed by atoms with Crippen molar-refractivity contribution in [3.8, 4) is 0 Å². The number of aliphatic hydroxyl groups is 2. The normalized spacial score (nSPS) is 19.1. The molecule has 0 aromatic rings. The number of carboxylic acids is 2.